The first-order valence-corrected chi connectivity index (χ1v) is 45.3. The van der Waals surface area contributed by atoms with Crippen molar-refractivity contribution < 1.29 is 80.2 Å². The number of hydrogen-bond acceptors (Lipinski definition) is 15. The van der Waals surface area contributed by atoms with E-state index < -0.39 is 97.5 Å². The molecule has 0 aliphatic carbocycles. The Hall–Kier alpha value is -2.46. The van der Waals surface area contributed by atoms with Crippen LogP contribution in [0.2, 0.25) is 0 Å². The third-order valence-corrected chi connectivity index (χ3v) is 21.1. The van der Waals surface area contributed by atoms with Crippen molar-refractivity contribution in [3.8, 4) is 0 Å². The molecule has 19 heteroatoms. The van der Waals surface area contributed by atoms with Crippen molar-refractivity contribution in [1.82, 2.24) is 0 Å². The number of hydrogen-bond donors (Lipinski definition) is 3. The topological polar surface area (TPSA) is 237 Å². The minimum Gasteiger partial charge on any atom is -0.462 e. The molecule has 0 amide bonds. The van der Waals surface area contributed by atoms with Gasteiger partial charge < -0.3 is 33.8 Å². The monoisotopic (exact) mass is 1490 g/mol. The maximum atomic E-state index is 13.1. The summed E-state index contributed by atoms with van der Waals surface area (Å²) in [4.78, 5) is 73.1. The zero-order valence-electron chi connectivity index (χ0n) is 66.4. The average molecular weight is 1490 g/mol. The van der Waals surface area contributed by atoms with Gasteiger partial charge in [-0.2, -0.15) is 0 Å². The number of aliphatic hydroxyl groups is 1. The summed E-state index contributed by atoms with van der Waals surface area (Å²) in [6.07, 6.45) is 67.5. The maximum absolute atomic E-state index is 13.1. The minimum atomic E-state index is -4.97. The van der Waals surface area contributed by atoms with Crippen LogP contribution in [0.1, 0.15) is 414 Å². The van der Waals surface area contributed by atoms with Gasteiger partial charge in [-0.3, -0.25) is 37.3 Å². The van der Waals surface area contributed by atoms with Crippen LogP contribution in [0.3, 0.4) is 0 Å². The van der Waals surface area contributed by atoms with Crippen LogP contribution in [-0.4, -0.2) is 96.7 Å². The second kappa shape index (κ2) is 74.0. The zero-order chi connectivity index (χ0) is 74.9. The van der Waals surface area contributed by atoms with Crippen LogP contribution in [0.4, 0.5) is 0 Å². The lowest BCUT2D eigenvalue weighted by Crippen LogP contribution is -2.30. The molecule has 3 unspecified atom stereocenters. The molecule has 0 aliphatic rings. The van der Waals surface area contributed by atoms with Crippen molar-refractivity contribution in [2.45, 2.75) is 432 Å². The molecule has 3 N–H and O–H groups in total. The zero-order valence-corrected chi connectivity index (χ0v) is 68.2. The largest absolute Gasteiger partial charge is 0.472 e. The Balaban J connectivity index is 5.27. The molecule has 0 saturated heterocycles. The van der Waals surface area contributed by atoms with Gasteiger partial charge in [-0.25, -0.2) is 9.13 Å². The summed E-state index contributed by atoms with van der Waals surface area (Å²) in [6, 6.07) is 0. The lowest BCUT2D eigenvalue weighted by atomic mass is 10.00. The van der Waals surface area contributed by atoms with Crippen LogP contribution < -0.4 is 0 Å². The van der Waals surface area contributed by atoms with E-state index in [1.165, 1.54) is 212 Å². The number of carbonyl (C=O) groups is 4. The predicted octanol–water partition coefficient (Wildman–Crippen LogP) is 24.6. The van der Waals surface area contributed by atoms with Gasteiger partial charge >= 0.3 is 39.5 Å². The summed E-state index contributed by atoms with van der Waals surface area (Å²) < 4.78 is 68.7. The number of phosphoric ester groups is 2. The van der Waals surface area contributed by atoms with Gasteiger partial charge in [-0.1, -0.05) is 361 Å². The van der Waals surface area contributed by atoms with Crippen molar-refractivity contribution in [3.05, 3.63) is 24.3 Å². The molecule has 0 bridgehead atoms. The molecule has 0 heterocycles. The van der Waals surface area contributed by atoms with E-state index in [0.717, 1.165) is 121 Å². The number of aliphatic hydroxyl groups excluding tert-OH is 1. The summed E-state index contributed by atoms with van der Waals surface area (Å²) in [5, 5.41) is 10.6. The molecule has 0 fully saturated rings. The molecule has 0 rings (SSSR count). The normalized spacial score (nSPS) is 14.3. The van der Waals surface area contributed by atoms with E-state index in [-0.39, 0.29) is 25.7 Å². The van der Waals surface area contributed by atoms with Gasteiger partial charge in [-0.15, -0.1) is 0 Å². The highest BCUT2D eigenvalue weighted by Crippen LogP contribution is 2.45. The van der Waals surface area contributed by atoms with Crippen molar-refractivity contribution in [2.75, 3.05) is 39.6 Å². The summed E-state index contributed by atoms with van der Waals surface area (Å²) in [5.74, 6) is -0.603. The number of rotatable bonds is 80. The number of allylic oxidation sites excluding steroid dienone is 4. The van der Waals surface area contributed by atoms with Crippen molar-refractivity contribution in [2.24, 2.45) is 11.8 Å². The summed E-state index contributed by atoms with van der Waals surface area (Å²) in [6.45, 7) is 9.57. The lowest BCUT2D eigenvalue weighted by molar-refractivity contribution is -0.161. The Labute approximate surface area is 624 Å². The Morgan fingerprint density at radius 3 is 0.882 bits per heavy atom. The SMILES string of the molecule is CCCCCC/C=C\C=C/CCCCCCCC(=O)O[C@H](COC(=O)CCCCCCCCC(C)CC)COP(=O)(O)OC[C@H](O)COP(=O)(O)OC[C@@H](COC(=O)CCCCCCCCCCCCCCCCCCCC)OC(=O)CCCCCCCCCCCCCCCCCCC(C)C. The molecule has 0 aromatic heterocycles. The predicted molar refractivity (Wildman–Crippen MR) is 418 cm³/mol. The molecule has 0 saturated carbocycles. The standard InChI is InChI=1S/C83H158O17P2/c1-7-10-12-14-16-18-20-22-24-25-26-31-34-38-42-46-53-59-65-80(85)93-71-78(99-82(87)67-62-56-48-44-40-36-32-28-27-30-33-37-41-45-51-57-63-75(4)5)73-97-101(89,90)95-69-77(84)70-96-102(91,92)98-74-79(72-94-81(86)66-60-54-50-49-52-58-64-76(6)9-3)100-83(88)68-61-55-47-43-39-35-29-23-21-19-17-15-13-11-8-2/h19,21,23,29,75-79,84H,7-18,20,22,24-28,30-74H2,1-6H3,(H,89,90)(H,91,92)/b21-19-,29-23-/t76?,77-,78-,79-/m1/s1. The van der Waals surface area contributed by atoms with Crippen LogP contribution in [0, 0.1) is 11.8 Å². The molecular formula is C83H158O17P2. The van der Waals surface area contributed by atoms with Gasteiger partial charge in [0.05, 0.1) is 26.4 Å². The molecule has 102 heavy (non-hydrogen) atoms. The highest BCUT2D eigenvalue weighted by atomic mass is 31.2. The molecule has 6 atom stereocenters. The number of phosphoric acid groups is 2. The van der Waals surface area contributed by atoms with E-state index in [1.54, 1.807) is 0 Å². The van der Waals surface area contributed by atoms with Gasteiger partial charge in [0.1, 0.15) is 19.3 Å². The van der Waals surface area contributed by atoms with E-state index >= 15 is 0 Å². The van der Waals surface area contributed by atoms with Crippen LogP contribution in [-0.2, 0) is 65.4 Å². The van der Waals surface area contributed by atoms with E-state index in [2.05, 4.69) is 65.8 Å². The first-order valence-electron chi connectivity index (χ1n) is 42.3. The summed E-state index contributed by atoms with van der Waals surface area (Å²) in [7, 11) is -9.94. The summed E-state index contributed by atoms with van der Waals surface area (Å²) >= 11 is 0. The molecule has 0 aromatic carbocycles. The lowest BCUT2D eigenvalue weighted by Gasteiger charge is -2.21. The summed E-state index contributed by atoms with van der Waals surface area (Å²) in [5.41, 5.74) is 0. The van der Waals surface area contributed by atoms with E-state index in [9.17, 15) is 43.2 Å². The van der Waals surface area contributed by atoms with E-state index in [1.807, 2.05) is 0 Å². The smallest absolute Gasteiger partial charge is 0.462 e. The average Bonchev–Trinajstić information content (AvgIpc) is 0.979. The fourth-order valence-corrected chi connectivity index (χ4v) is 13.9. The number of ether oxygens (including phenoxy) is 4. The third-order valence-electron chi connectivity index (χ3n) is 19.2. The van der Waals surface area contributed by atoms with Crippen LogP contribution in [0.15, 0.2) is 24.3 Å². The Kier molecular flexibility index (Phi) is 72.2. The number of unbranched alkanes of at least 4 members (excludes halogenated alkanes) is 46. The molecule has 17 nitrogen and oxygen atoms in total. The number of esters is 4. The highest BCUT2D eigenvalue weighted by Gasteiger charge is 2.30. The Bertz CT molecular complexity index is 2060. The fraction of sp³-hybridized carbons (Fsp3) is 0.904. The Morgan fingerprint density at radius 2 is 0.578 bits per heavy atom. The molecule has 0 radical (unpaired) electrons. The van der Waals surface area contributed by atoms with Crippen LogP contribution >= 0.6 is 15.6 Å². The Morgan fingerprint density at radius 1 is 0.324 bits per heavy atom. The van der Waals surface area contributed by atoms with Gasteiger partial charge in [0.2, 0.25) is 0 Å². The quantitative estimate of drug-likeness (QED) is 0.0169. The third kappa shape index (κ3) is 74.4. The molecule has 602 valence electrons. The molecular weight excluding hydrogens is 1330 g/mol. The van der Waals surface area contributed by atoms with Gasteiger partial charge in [0.15, 0.2) is 12.2 Å². The second-order valence-electron chi connectivity index (χ2n) is 29.9. The van der Waals surface area contributed by atoms with Crippen LogP contribution in [0.5, 0.6) is 0 Å². The van der Waals surface area contributed by atoms with Crippen LogP contribution in [0.25, 0.3) is 0 Å². The molecule has 0 aliphatic heterocycles. The highest BCUT2D eigenvalue weighted by molar-refractivity contribution is 7.47. The van der Waals surface area contributed by atoms with Crippen molar-refractivity contribution in [1.29, 1.82) is 0 Å². The first-order chi connectivity index (χ1) is 49.4. The molecule has 0 spiro atoms. The van der Waals surface area contributed by atoms with Gasteiger partial charge in [0, 0.05) is 25.7 Å². The second-order valence-corrected chi connectivity index (χ2v) is 32.8. The molecule has 0 aromatic rings. The van der Waals surface area contributed by atoms with E-state index in [4.69, 9.17) is 37.0 Å². The van der Waals surface area contributed by atoms with Gasteiger partial charge in [-0.05, 0) is 63.2 Å². The van der Waals surface area contributed by atoms with Gasteiger partial charge in [0.25, 0.3) is 0 Å². The maximum Gasteiger partial charge on any atom is 0.472 e. The fourth-order valence-electron chi connectivity index (χ4n) is 12.3. The number of carbonyl (C=O) groups excluding carboxylic acids is 4. The first kappa shape index (κ1) is 99.5. The van der Waals surface area contributed by atoms with Crippen molar-refractivity contribution in [3.63, 3.8) is 0 Å². The minimum absolute atomic E-state index is 0.0843. The van der Waals surface area contributed by atoms with Crippen molar-refractivity contribution >= 4 is 39.5 Å². The van der Waals surface area contributed by atoms with E-state index in [0.29, 0.717) is 25.7 Å².